The Balaban J connectivity index is 1.87. The largest absolute Gasteiger partial charge is 0.396 e. The summed E-state index contributed by atoms with van der Waals surface area (Å²) in [6, 6.07) is 0. The summed E-state index contributed by atoms with van der Waals surface area (Å²) < 4.78 is 1.82. The van der Waals surface area contributed by atoms with Gasteiger partial charge in [0.15, 0.2) is 0 Å². The summed E-state index contributed by atoms with van der Waals surface area (Å²) in [6.07, 6.45) is 2.01. The first-order valence-corrected chi connectivity index (χ1v) is 7.48. The molecule has 1 atom stereocenters. The second-order valence-electron chi connectivity index (χ2n) is 6.89. The molecule has 114 valence electrons. The van der Waals surface area contributed by atoms with Gasteiger partial charge in [0.1, 0.15) is 0 Å². The van der Waals surface area contributed by atoms with Crippen LogP contribution in [0.4, 0.5) is 5.69 Å². The lowest BCUT2D eigenvalue weighted by Crippen LogP contribution is -2.42. The fraction of sp³-hybridized carbons (Fsp3) is 0.800. The molecule has 1 aromatic rings. The molecule has 2 rings (SSSR count). The molecule has 0 aromatic carbocycles. The molecule has 1 saturated heterocycles. The molecule has 1 aliphatic rings. The van der Waals surface area contributed by atoms with E-state index in [1.807, 2.05) is 18.5 Å². The number of nitrogen functional groups attached to an aromatic ring is 1. The highest BCUT2D eigenvalue weighted by Crippen LogP contribution is 2.29. The fourth-order valence-corrected chi connectivity index (χ4v) is 2.78. The molecule has 1 fully saturated rings. The van der Waals surface area contributed by atoms with Crippen molar-refractivity contribution in [2.75, 3.05) is 25.4 Å². The van der Waals surface area contributed by atoms with E-state index in [1.165, 1.54) is 12.8 Å². The molecule has 1 aliphatic heterocycles. The number of nitrogens with zero attached hydrogens (tertiary/aromatic N) is 3. The Morgan fingerprint density at radius 2 is 1.85 bits per heavy atom. The van der Waals surface area contributed by atoms with E-state index in [2.05, 4.69) is 23.8 Å². The third kappa shape index (κ3) is 3.52. The molecule has 0 aliphatic carbocycles. The molecule has 20 heavy (non-hydrogen) atoms. The van der Waals surface area contributed by atoms with E-state index in [0.29, 0.717) is 18.5 Å². The lowest BCUT2D eigenvalue weighted by Gasteiger charge is -2.37. The lowest BCUT2D eigenvalue weighted by atomic mass is 9.82. The molecule has 5 nitrogen and oxygen atoms in total. The average molecular weight is 280 g/mol. The summed E-state index contributed by atoms with van der Waals surface area (Å²) in [6.45, 7) is 11.9. The highest BCUT2D eigenvalue weighted by atomic mass is 16.3. The van der Waals surface area contributed by atoms with Crippen LogP contribution in [-0.2, 0) is 6.54 Å². The van der Waals surface area contributed by atoms with Crippen molar-refractivity contribution in [2.45, 2.75) is 53.2 Å². The Kier molecular flexibility index (Phi) is 4.39. The molecular formula is C15H28N4O. The highest BCUT2D eigenvalue weighted by Gasteiger charge is 2.26. The molecule has 0 amide bonds. The topological polar surface area (TPSA) is 67.3 Å². The predicted molar refractivity (Wildman–Crippen MR) is 81.6 cm³/mol. The zero-order chi connectivity index (χ0) is 14.9. The average Bonchev–Trinajstić information content (AvgIpc) is 2.60. The van der Waals surface area contributed by atoms with E-state index in [9.17, 15) is 5.11 Å². The van der Waals surface area contributed by atoms with Gasteiger partial charge in [0.2, 0.25) is 0 Å². The van der Waals surface area contributed by atoms with Crippen molar-refractivity contribution in [2.24, 2.45) is 5.41 Å². The van der Waals surface area contributed by atoms with Crippen LogP contribution in [0.2, 0.25) is 0 Å². The first kappa shape index (κ1) is 15.3. The van der Waals surface area contributed by atoms with Crippen molar-refractivity contribution in [1.29, 1.82) is 0 Å². The molecule has 2 heterocycles. The molecule has 1 unspecified atom stereocenters. The number of β-amino-alcohol motifs (C(OH)–C–C–N with tert-alkyl or cyclic N) is 1. The number of anilines is 1. The number of aromatic nitrogens is 2. The maximum absolute atomic E-state index is 10.3. The van der Waals surface area contributed by atoms with Crippen LogP contribution in [0.3, 0.4) is 0 Å². The van der Waals surface area contributed by atoms with Gasteiger partial charge >= 0.3 is 0 Å². The molecule has 0 radical (unpaired) electrons. The van der Waals surface area contributed by atoms with Gasteiger partial charge in [-0.15, -0.1) is 0 Å². The zero-order valence-electron chi connectivity index (χ0n) is 13.2. The molecule has 0 saturated carbocycles. The summed E-state index contributed by atoms with van der Waals surface area (Å²) in [7, 11) is 0. The zero-order valence-corrected chi connectivity index (χ0v) is 13.2. The number of nitrogens with two attached hydrogens (primary N) is 1. The normalized spacial score (nSPS) is 21.1. The van der Waals surface area contributed by atoms with Crippen LogP contribution < -0.4 is 5.73 Å². The Morgan fingerprint density at radius 3 is 2.35 bits per heavy atom. The summed E-state index contributed by atoms with van der Waals surface area (Å²) in [5.74, 6) is 0. The molecule has 5 heteroatoms. The number of aliphatic hydroxyl groups is 1. The number of likely N-dealkylation sites (tertiary alicyclic amines) is 1. The van der Waals surface area contributed by atoms with E-state index in [-0.39, 0.29) is 0 Å². The first-order valence-electron chi connectivity index (χ1n) is 7.48. The van der Waals surface area contributed by atoms with Crippen molar-refractivity contribution in [1.82, 2.24) is 14.7 Å². The maximum Gasteiger partial charge on any atom is 0.0862 e. The van der Waals surface area contributed by atoms with E-state index in [1.54, 1.807) is 0 Å². The predicted octanol–water partition coefficient (Wildman–Crippen LogP) is 1.57. The molecule has 0 spiro atoms. The number of piperidine rings is 1. The van der Waals surface area contributed by atoms with Gasteiger partial charge in [-0.1, -0.05) is 13.8 Å². The Morgan fingerprint density at radius 1 is 1.25 bits per heavy atom. The van der Waals surface area contributed by atoms with Gasteiger partial charge < -0.3 is 15.7 Å². The van der Waals surface area contributed by atoms with Crippen molar-refractivity contribution in [3.05, 3.63) is 11.4 Å². The summed E-state index contributed by atoms with van der Waals surface area (Å²) in [5, 5.41) is 14.6. The third-order valence-corrected chi connectivity index (χ3v) is 4.50. The molecule has 0 bridgehead atoms. The number of hydrogen-bond acceptors (Lipinski definition) is 4. The quantitative estimate of drug-likeness (QED) is 0.878. The van der Waals surface area contributed by atoms with E-state index in [4.69, 9.17) is 5.73 Å². The number of rotatable bonds is 4. The highest BCUT2D eigenvalue weighted by molar-refractivity contribution is 5.46. The van der Waals surface area contributed by atoms with Crippen molar-refractivity contribution < 1.29 is 5.11 Å². The van der Waals surface area contributed by atoms with Gasteiger partial charge in [0.25, 0.3) is 0 Å². The van der Waals surface area contributed by atoms with Crippen molar-refractivity contribution in [3.63, 3.8) is 0 Å². The lowest BCUT2D eigenvalue weighted by molar-refractivity contribution is 0.0600. The van der Waals surface area contributed by atoms with Gasteiger partial charge in [0, 0.05) is 6.54 Å². The van der Waals surface area contributed by atoms with E-state index in [0.717, 1.165) is 30.2 Å². The van der Waals surface area contributed by atoms with Crippen molar-refractivity contribution in [3.8, 4) is 0 Å². The Hall–Kier alpha value is -1.07. The number of aryl methyl sites for hydroxylation is 1. The smallest absolute Gasteiger partial charge is 0.0862 e. The van der Waals surface area contributed by atoms with Crippen LogP contribution in [0, 0.1) is 19.3 Å². The fourth-order valence-electron chi connectivity index (χ4n) is 2.78. The Bertz CT molecular complexity index is 457. The standard InChI is InChI=1S/C15H28N4O/c1-11-14(16)12(2)19(17-11)10-13(20)9-18-7-5-15(3,4)6-8-18/h13,20H,5-10,16H2,1-4H3. The Labute approximate surface area is 121 Å². The van der Waals surface area contributed by atoms with Gasteiger partial charge in [-0.05, 0) is 45.2 Å². The van der Waals surface area contributed by atoms with Crippen LogP contribution in [0.5, 0.6) is 0 Å². The minimum Gasteiger partial charge on any atom is -0.396 e. The number of hydrogen-bond donors (Lipinski definition) is 2. The monoisotopic (exact) mass is 280 g/mol. The van der Waals surface area contributed by atoms with Crippen molar-refractivity contribution >= 4 is 5.69 Å². The molecule has 3 N–H and O–H groups in total. The van der Waals surface area contributed by atoms with Gasteiger partial charge in [-0.3, -0.25) is 4.68 Å². The number of aliphatic hydroxyl groups excluding tert-OH is 1. The second-order valence-corrected chi connectivity index (χ2v) is 6.89. The van der Waals surface area contributed by atoms with Crippen LogP contribution in [0.1, 0.15) is 38.1 Å². The second kappa shape index (κ2) is 5.74. The first-order chi connectivity index (χ1) is 9.28. The molecular weight excluding hydrogens is 252 g/mol. The summed E-state index contributed by atoms with van der Waals surface area (Å²) in [5.41, 5.74) is 8.89. The molecule has 1 aromatic heterocycles. The van der Waals surface area contributed by atoms with Gasteiger partial charge in [-0.25, -0.2) is 0 Å². The van der Waals surface area contributed by atoms with Crippen LogP contribution in [0.25, 0.3) is 0 Å². The van der Waals surface area contributed by atoms with Gasteiger partial charge in [0.05, 0.1) is 29.7 Å². The van der Waals surface area contributed by atoms with Gasteiger partial charge in [-0.2, -0.15) is 5.10 Å². The van der Waals surface area contributed by atoms with Crippen LogP contribution in [-0.4, -0.2) is 45.5 Å². The minimum atomic E-state index is -0.395. The van der Waals surface area contributed by atoms with Crippen LogP contribution >= 0.6 is 0 Å². The van der Waals surface area contributed by atoms with E-state index >= 15 is 0 Å². The van der Waals surface area contributed by atoms with E-state index < -0.39 is 6.10 Å². The summed E-state index contributed by atoms with van der Waals surface area (Å²) >= 11 is 0. The maximum atomic E-state index is 10.3. The summed E-state index contributed by atoms with van der Waals surface area (Å²) in [4.78, 5) is 2.35. The SMILES string of the molecule is Cc1nn(CC(O)CN2CCC(C)(C)CC2)c(C)c1N. The third-order valence-electron chi connectivity index (χ3n) is 4.50. The van der Waals surface area contributed by atoms with Crippen LogP contribution in [0.15, 0.2) is 0 Å². The minimum absolute atomic E-state index is 0.395.